The van der Waals surface area contributed by atoms with E-state index in [2.05, 4.69) is 28.8 Å². The third-order valence-electron chi connectivity index (χ3n) is 4.97. The van der Waals surface area contributed by atoms with Gasteiger partial charge in [-0.2, -0.15) is 0 Å². The van der Waals surface area contributed by atoms with E-state index in [1.165, 1.54) is 11.1 Å². The lowest BCUT2D eigenvalue weighted by atomic mass is 9.94. The molecule has 1 unspecified atom stereocenters. The maximum absolute atomic E-state index is 12.3. The summed E-state index contributed by atoms with van der Waals surface area (Å²) in [5.74, 6) is 0.0553. The molecular formula is C19H27N3O2. The average molecular weight is 329 g/mol. The van der Waals surface area contributed by atoms with Crippen LogP contribution in [-0.2, 0) is 16.0 Å². The first-order valence-electron chi connectivity index (χ1n) is 9.10. The van der Waals surface area contributed by atoms with Gasteiger partial charge < -0.3 is 15.5 Å². The normalized spacial score (nSPS) is 21.6. The second-order valence-electron chi connectivity index (χ2n) is 6.74. The molecule has 2 aliphatic rings. The minimum atomic E-state index is -0.0613. The summed E-state index contributed by atoms with van der Waals surface area (Å²) in [6, 6.07) is 8.54. The highest BCUT2D eigenvalue weighted by Gasteiger charge is 2.21. The Morgan fingerprint density at radius 2 is 2.00 bits per heavy atom. The number of hydrogen-bond donors (Lipinski definition) is 2. The molecule has 1 aromatic rings. The largest absolute Gasteiger partial charge is 0.353 e. The fourth-order valence-electron chi connectivity index (χ4n) is 3.60. The molecule has 5 heteroatoms. The second-order valence-corrected chi connectivity index (χ2v) is 6.74. The number of amides is 2. The fraction of sp³-hybridized carbons (Fsp3) is 0.579. The van der Waals surface area contributed by atoms with E-state index in [4.69, 9.17) is 0 Å². The van der Waals surface area contributed by atoms with Gasteiger partial charge in [0.25, 0.3) is 0 Å². The Labute approximate surface area is 143 Å². The summed E-state index contributed by atoms with van der Waals surface area (Å²) < 4.78 is 0. The zero-order chi connectivity index (χ0) is 16.8. The first-order valence-corrected chi connectivity index (χ1v) is 9.10. The van der Waals surface area contributed by atoms with Crippen molar-refractivity contribution in [1.82, 2.24) is 15.5 Å². The van der Waals surface area contributed by atoms with Gasteiger partial charge in [-0.05, 0) is 36.9 Å². The van der Waals surface area contributed by atoms with Crippen LogP contribution in [0, 0.1) is 0 Å². The van der Waals surface area contributed by atoms with Gasteiger partial charge in [-0.15, -0.1) is 0 Å². The first kappa shape index (κ1) is 17.0. The Morgan fingerprint density at radius 3 is 2.92 bits per heavy atom. The molecule has 0 aliphatic carbocycles. The molecule has 1 atom stereocenters. The maximum Gasteiger partial charge on any atom is 0.239 e. The lowest BCUT2D eigenvalue weighted by Gasteiger charge is -2.28. The quantitative estimate of drug-likeness (QED) is 0.885. The first-order chi connectivity index (χ1) is 11.7. The molecule has 2 amide bonds. The molecule has 1 saturated heterocycles. The number of carbonyl (C=O) groups is 2. The number of likely N-dealkylation sites (tertiary alicyclic amines) is 1. The van der Waals surface area contributed by atoms with E-state index in [0.29, 0.717) is 19.5 Å². The van der Waals surface area contributed by atoms with Crippen LogP contribution in [-0.4, -0.2) is 42.9 Å². The molecule has 3 rings (SSSR count). The van der Waals surface area contributed by atoms with Gasteiger partial charge in [-0.25, -0.2) is 0 Å². The Morgan fingerprint density at radius 1 is 1.17 bits per heavy atom. The van der Waals surface area contributed by atoms with Crippen LogP contribution >= 0.6 is 0 Å². The summed E-state index contributed by atoms with van der Waals surface area (Å²) in [7, 11) is 0. The van der Waals surface area contributed by atoms with Crippen molar-refractivity contribution in [3.8, 4) is 0 Å². The Kier molecular flexibility index (Phi) is 5.86. The molecule has 0 saturated carbocycles. The van der Waals surface area contributed by atoms with Crippen LogP contribution in [0.4, 0.5) is 0 Å². The van der Waals surface area contributed by atoms with Crippen molar-refractivity contribution in [3.63, 3.8) is 0 Å². The number of rotatable bonds is 4. The monoisotopic (exact) mass is 329 g/mol. The molecule has 5 nitrogen and oxygen atoms in total. The molecule has 0 spiro atoms. The predicted molar refractivity (Wildman–Crippen MR) is 93.6 cm³/mol. The van der Waals surface area contributed by atoms with Crippen molar-refractivity contribution < 1.29 is 9.59 Å². The van der Waals surface area contributed by atoms with Gasteiger partial charge in [0.15, 0.2) is 0 Å². The third-order valence-corrected chi connectivity index (χ3v) is 4.97. The van der Waals surface area contributed by atoms with E-state index >= 15 is 0 Å². The van der Waals surface area contributed by atoms with E-state index in [9.17, 15) is 9.59 Å². The van der Waals surface area contributed by atoms with Gasteiger partial charge >= 0.3 is 0 Å². The molecule has 0 aromatic heterocycles. The van der Waals surface area contributed by atoms with Crippen LogP contribution in [0.5, 0.6) is 0 Å². The SMILES string of the molecule is O=C(CN1CCCCCCC1=O)NCC1NCCc2ccccc21. The fourth-order valence-corrected chi connectivity index (χ4v) is 3.60. The topological polar surface area (TPSA) is 61.4 Å². The Hall–Kier alpha value is -1.88. The minimum absolute atomic E-state index is 0.0613. The highest BCUT2D eigenvalue weighted by molar-refractivity contribution is 5.84. The van der Waals surface area contributed by atoms with Crippen molar-refractivity contribution in [2.24, 2.45) is 0 Å². The highest BCUT2D eigenvalue weighted by Crippen LogP contribution is 2.21. The summed E-state index contributed by atoms with van der Waals surface area (Å²) in [5.41, 5.74) is 2.63. The number of nitrogens with one attached hydrogen (secondary N) is 2. The Bertz CT molecular complexity index is 588. The smallest absolute Gasteiger partial charge is 0.239 e. The highest BCUT2D eigenvalue weighted by atomic mass is 16.2. The van der Waals surface area contributed by atoms with Gasteiger partial charge in [-0.1, -0.05) is 37.1 Å². The van der Waals surface area contributed by atoms with E-state index in [1.54, 1.807) is 4.90 Å². The van der Waals surface area contributed by atoms with Crippen molar-refractivity contribution in [2.45, 2.75) is 44.6 Å². The number of nitrogens with zero attached hydrogens (tertiary/aromatic N) is 1. The molecule has 24 heavy (non-hydrogen) atoms. The number of benzene rings is 1. The van der Waals surface area contributed by atoms with Crippen LogP contribution in [0.15, 0.2) is 24.3 Å². The van der Waals surface area contributed by atoms with Crippen LogP contribution in [0.2, 0.25) is 0 Å². The van der Waals surface area contributed by atoms with E-state index in [-0.39, 0.29) is 24.4 Å². The lowest BCUT2D eigenvalue weighted by Crippen LogP contribution is -2.44. The summed E-state index contributed by atoms with van der Waals surface area (Å²) >= 11 is 0. The molecule has 1 fully saturated rings. The molecule has 2 N–H and O–H groups in total. The Balaban J connectivity index is 1.51. The van der Waals surface area contributed by atoms with Gasteiger partial charge in [0, 0.05) is 25.6 Å². The van der Waals surface area contributed by atoms with Crippen molar-refractivity contribution in [1.29, 1.82) is 0 Å². The third kappa shape index (κ3) is 4.35. The maximum atomic E-state index is 12.3. The van der Waals surface area contributed by atoms with Gasteiger partial charge in [0.05, 0.1) is 6.54 Å². The molecule has 2 aliphatic heterocycles. The van der Waals surface area contributed by atoms with E-state index < -0.39 is 0 Å². The van der Waals surface area contributed by atoms with Gasteiger partial charge in [-0.3, -0.25) is 9.59 Å². The van der Waals surface area contributed by atoms with Crippen molar-refractivity contribution in [2.75, 3.05) is 26.2 Å². The summed E-state index contributed by atoms with van der Waals surface area (Å²) in [4.78, 5) is 26.1. The van der Waals surface area contributed by atoms with Gasteiger partial charge in [0.2, 0.25) is 11.8 Å². The summed E-state index contributed by atoms with van der Waals surface area (Å²) in [6.45, 7) is 2.39. The molecule has 2 heterocycles. The van der Waals surface area contributed by atoms with Crippen LogP contribution in [0.1, 0.15) is 49.3 Å². The van der Waals surface area contributed by atoms with Crippen LogP contribution < -0.4 is 10.6 Å². The molecular weight excluding hydrogens is 302 g/mol. The van der Waals surface area contributed by atoms with Crippen LogP contribution in [0.3, 0.4) is 0 Å². The van der Waals surface area contributed by atoms with Gasteiger partial charge in [0.1, 0.15) is 0 Å². The molecule has 0 bridgehead atoms. The zero-order valence-electron chi connectivity index (χ0n) is 14.2. The van der Waals surface area contributed by atoms with E-state index in [1.807, 2.05) is 6.07 Å². The standard InChI is InChI=1S/C19H27N3O2/c23-18(14-22-12-6-2-1-3-9-19(22)24)21-13-17-16-8-5-4-7-15(16)10-11-20-17/h4-5,7-8,17,20H,1-3,6,9-14H2,(H,21,23). The van der Waals surface area contributed by atoms with Crippen LogP contribution in [0.25, 0.3) is 0 Å². The van der Waals surface area contributed by atoms with Crippen molar-refractivity contribution in [3.05, 3.63) is 35.4 Å². The lowest BCUT2D eigenvalue weighted by molar-refractivity contribution is -0.136. The zero-order valence-corrected chi connectivity index (χ0v) is 14.2. The molecule has 0 radical (unpaired) electrons. The predicted octanol–water partition coefficient (Wildman–Crippen LogP) is 1.78. The number of carbonyl (C=O) groups excluding carboxylic acids is 2. The second kappa shape index (κ2) is 8.29. The van der Waals surface area contributed by atoms with E-state index in [0.717, 1.165) is 38.6 Å². The van der Waals surface area contributed by atoms with Crippen molar-refractivity contribution >= 4 is 11.8 Å². The molecule has 130 valence electrons. The minimum Gasteiger partial charge on any atom is -0.353 e. The average Bonchev–Trinajstić information content (AvgIpc) is 2.59. The number of fused-ring (bicyclic) bond motifs is 1. The summed E-state index contributed by atoms with van der Waals surface area (Å²) in [5, 5.41) is 6.47. The molecule has 1 aromatic carbocycles. The summed E-state index contributed by atoms with van der Waals surface area (Å²) in [6.07, 6.45) is 5.82. The number of hydrogen-bond acceptors (Lipinski definition) is 3.